The number of halogens is 4. The number of alkyl halides is 3. The number of benzene rings is 1. The van der Waals surface area contributed by atoms with Crippen LogP contribution in [0.15, 0.2) is 42.6 Å². The Labute approximate surface area is 371 Å². The van der Waals surface area contributed by atoms with E-state index in [1.54, 1.807) is 32.7 Å². The van der Waals surface area contributed by atoms with Crippen molar-refractivity contribution >= 4 is 41.1 Å². The van der Waals surface area contributed by atoms with Crippen molar-refractivity contribution in [2.24, 2.45) is 23.2 Å². The Morgan fingerprint density at radius 1 is 1.00 bits per heavy atom. The molecule has 1 aliphatic rings. The van der Waals surface area contributed by atoms with E-state index in [0.717, 1.165) is 11.6 Å². The average Bonchev–Trinajstić information content (AvgIpc) is 3.68. The Kier molecular flexibility index (Phi) is 18.7. The Morgan fingerprint density at radius 2 is 1.63 bits per heavy atom. The monoisotopic (exact) mass is 895 g/mol. The summed E-state index contributed by atoms with van der Waals surface area (Å²) in [5, 5.41) is 5.63. The number of likely N-dealkylation sites (N-methyl/N-ethyl adjacent to an activating group) is 1. The zero-order chi connectivity index (χ0) is 46.9. The predicted octanol–water partition coefficient (Wildman–Crippen LogP) is 8.21. The zero-order valence-electron chi connectivity index (χ0n) is 38.7. The van der Waals surface area contributed by atoms with Crippen LogP contribution in [0, 0.1) is 23.2 Å². The zero-order valence-corrected chi connectivity index (χ0v) is 39.4. The second kappa shape index (κ2) is 22.1. The van der Waals surface area contributed by atoms with E-state index in [2.05, 4.69) is 15.6 Å². The highest BCUT2D eigenvalue weighted by molar-refractivity contribution is 6.33. The van der Waals surface area contributed by atoms with Crippen LogP contribution in [0.1, 0.15) is 106 Å². The summed E-state index contributed by atoms with van der Waals surface area (Å²) >= 11 is 6.21. The first-order valence-electron chi connectivity index (χ1n) is 21.5. The molecule has 0 aliphatic carbocycles. The summed E-state index contributed by atoms with van der Waals surface area (Å²) in [5.41, 5.74) is -1.38. The van der Waals surface area contributed by atoms with Gasteiger partial charge >= 0.3 is 12.1 Å². The number of carbonyl (C=O) groups is 4. The van der Waals surface area contributed by atoms with Crippen molar-refractivity contribution in [2.45, 2.75) is 149 Å². The van der Waals surface area contributed by atoms with E-state index in [4.69, 9.17) is 25.8 Å². The van der Waals surface area contributed by atoms with Crippen LogP contribution in [-0.2, 0) is 46.0 Å². The molecule has 1 aromatic carbocycles. The van der Waals surface area contributed by atoms with Gasteiger partial charge < -0.3 is 34.6 Å². The fraction of sp³-hybridized carbons (Fsp3) is 0.674. The first kappa shape index (κ1) is 52.4. The second-order valence-corrected chi connectivity index (χ2v) is 18.8. The van der Waals surface area contributed by atoms with Gasteiger partial charge in [0.2, 0.25) is 17.7 Å². The lowest BCUT2D eigenvalue weighted by molar-refractivity contribution is -0.171. The van der Waals surface area contributed by atoms with E-state index in [-0.39, 0.29) is 52.7 Å². The van der Waals surface area contributed by atoms with Gasteiger partial charge in [-0.1, -0.05) is 104 Å². The molecule has 2 aromatic rings. The van der Waals surface area contributed by atoms with Crippen molar-refractivity contribution < 1.29 is 46.6 Å². The first-order chi connectivity index (χ1) is 28.8. The number of nitrogens with zero attached hydrogens (tertiary/aromatic N) is 3. The quantitative estimate of drug-likeness (QED) is 0.126. The van der Waals surface area contributed by atoms with Crippen LogP contribution in [-0.4, -0.2) is 108 Å². The number of amides is 3. The second-order valence-electron chi connectivity index (χ2n) is 18.4. The van der Waals surface area contributed by atoms with Gasteiger partial charge in [0.05, 0.1) is 47.2 Å². The van der Waals surface area contributed by atoms with Crippen molar-refractivity contribution in [2.75, 3.05) is 33.1 Å². The number of hydrogen-bond acceptors (Lipinski definition) is 9. The number of aromatic nitrogens is 1. The van der Waals surface area contributed by atoms with Crippen LogP contribution in [0.3, 0.4) is 0 Å². The summed E-state index contributed by atoms with van der Waals surface area (Å²) in [4.78, 5) is 63.6. The molecular formula is C46H69ClF3N5O7. The molecule has 16 heteroatoms. The van der Waals surface area contributed by atoms with Gasteiger partial charge in [-0.2, -0.15) is 13.2 Å². The third-order valence-electron chi connectivity index (χ3n) is 12.7. The molecule has 12 nitrogen and oxygen atoms in total. The molecular weight excluding hydrogens is 827 g/mol. The van der Waals surface area contributed by atoms with Gasteiger partial charge in [-0.25, -0.2) is 9.78 Å². The number of carbonyl (C=O) groups excluding carboxylic acids is 4. The minimum atomic E-state index is -4.64. The molecule has 1 saturated heterocycles. The van der Waals surface area contributed by atoms with Gasteiger partial charge in [-0.3, -0.25) is 14.4 Å². The summed E-state index contributed by atoms with van der Waals surface area (Å²) in [6.45, 7) is 19.3. The van der Waals surface area contributed by atoms with Gasteiger partial charge in [0, 0.05) is 45.8 Å². The minimum absolute atomic E-state index is 0.0644. The highest BCUT2D eigenvalue weighted by Crippen LogP contribution is 2.35. The summed E-state index contributed by atoms with van der Waals surface area (Å²) < 4.78 is 57.9. The molecule has 0 unspecified atom stereocenters. The van der Waals surface area contributed by atoms with Crippen LogP contribution in [0.4, 0.5) is 19.0 Å². The van der Waals surface area contributed by atoms with Crippen molar-refractivity contribution in [3.63, 3.8) is 0 Å². The van der Waals surface area contributed by atoms with Gasteiger partial charge in [-0.05, 0) is 50.2 Å². The lowest BCUT2D eigenvalue weighted by Crippen LogP contribution is -2.56. The molecule has 0 spiro atoms. The summed E-state index contributed by atoms with van der Waals surface area (Å²) in [6.07, 6.45) is -3.45. The van der Waals surface area contributed by atoms with Crippen LogP contribution >= 0.6 is 11.6 Å². The number of likely N-dealkylation sites (tertiary alicyclic amines) is 1. The Balaban J connectivity index is 1.83. The maximum Gasteiger partial charge on any atom is 0.417 e. The highest BCUT2D eigenvalue weighted by atomic mass is 35.5. The molecule has 62 heavy (non-hydrogen) atoms. The van der Waals surface area contributed by atoms with E-state index in [9.17, 15) is 32.3 Å². The van der Waals surface area contributed by atoms with Crippen LogP contribution in [0.25, 0.3) is 0 Å². The van der Waals surface area contributed by atoms with Gasteiger partial charge in [0.15, 0.2) is 0 Å². The molecule has 1 aliphatic heterocycles. The molecule has 3 amide bonds. The molecule has 2 N–H and O–H groups in total. The van der Waals surface area contributed by atoms with Crippen molar-refractivity contribution in [3.8, 4) is 0 Å². The predicted molar refractivity (Wildman–Crippen MR) is 234 cm³/mol. The molecule has 1 aromatic heterocycles. The molecule has 348 valence electrons. The molecule has 0 radical (unpaired) electrons. The normalized spacial score (nSPS) is 18.3. The van der Waals surface area contributed by atoms with Crippen molar-refractivity contribution in [1.82, 2.24) is 20.1 Å². The first-order valence-corrected chi connectivity index (χ1v) is 21.8. The third kappa shape index (κ3) is 13.3. The van der Waals surface area contributed by atoms with E-state index in [0.29, 0.717) is 32.0 Å². The summed E-state index contributed by atoms with van der Waals surface area (Å²) in [6, 6.07) is 7.16. The van der Waals surface area contributed by atoms with Crippen molar-refractivity contribution in [1.29, 1.82) is 0 Å². The number of ether oxygens (including phenoxy) is 3. The van der Waals surface area contributed by atoms with E-state index >= 15 is 0 Å². The smallest absolute Gasteiger partial charge is 0.417 e. The van der Waals surface area contributed by atoms with E-state index in [1.807, 2.05) is 78.8 Å². The van der Waals surface area contributed by atoms with Crippen LogP contribution < -0.4 is 10.6 Å². The van der Waals surface area contributed by atoms with E-state index in [1.165, 1.54) is 19.1 Å². The fourth-order valence-corrected chi connectivity index (χ4v) is 7.93. The van der Waals surface area contributed by atoms with Gasteiger partial charge in [0.25, 0.3) is 0 Å². The third-order valence-corrected chi connectivity index (χ3v) is 13.0. The largest absolute Gasteiger partial charge is 0.458 e. The number of esters is 1. The molecule has 8 atom stereocenters. The molecule has 3 rings (SSSR count). The maximum atomic E-state index is 14.4. The Morgan fingerprint density at radius 3 is 2.15 bits per heavy atom. The maximum absolute atomic E-state index is 14.4. The summed E-state index contributed by atoms with van der Waals surface area (Å²) in [5.74, 6) is -2.91. The standard InChI is InChI=1S/C46H69ClF3N5O7/c1-14-28(4)38(54(11)42(58)37(27(2)3)53-40-32(47)24-31(26-51-40)46(48,49)50)35(60-12)25-36(56)55-22-18-21-34(55)39(61-13)29(5)41(57)52-33(23-30-19-16-15-17-20-30)43(59)62-45(9,10)44(6,7)8/h15-17,19-20,24,26-29,33-35,37-39H,14,18,21-23,25H2,1-13H3,(H,51,53)(H,52,57)/t28-,29+,33-,34-,35+,37-,38-,39+/m0/s1. The molecule has 2 heterocycles. The van der Waals surface area contributed by atoms with E-state index < -0.39 is 71.5 Å². The van der Waals surface area contributed by atoms with Crippen molar-refractivity contribution in [3.05, 3.63) is 58.7 Å². The Bertz CT molecular complexity index is 1810. The molecule has 0 saturated carbocycles. The highest BCUT2D eigenvalue weighted by Gasteiger charge is 2.44. The topological polar surface area (TPSA) is 139 Å². The number of anilines is 1. The lowest BCUT2D eigenvalue weighted by atomic mass is 9.79. The molecule has 1 fully saturated rings. The number of methoxy groups -OCH3 is 2. The Hall–Kier alpha value is -3.95. The fourth-order valence-electron chi connectivity index (χ4n) is 7.71. The molecule has 0 bridgehead atoms. The SMILES string of the molecule is CC[C@H](C)[C@@H]([C@@H](CC(=O)N1CCC[C@H]1[C@H](OC)[C@@H](C)C(=O)N[C@@H](Cc1ccccc1)C(=O)OC(C)(C)C(C)(C)C)OC)N(C)C(=O)[C@@H](Nc1ncc(C(F)(F)F)cc1Cl)C(C)C. The number of pyridine rings is 1. The number of hydrogen-bond donors (Lipinski definition) is 2. The van der Waals surface area contributed by atoms with Gasteiger partial charge in [-0.15, -0.1) is 0 Å². The van der Waals surface area contributed by atoms with Gasteiger partial charge in [0.1, 0.15) is 23.5 Å². The summed E-state index contributed by atoms with van der Waals surface area (Å²) in [7, 11) is 4.61. The van der Waals surface area contributed by atoms with Crippen LogP contribution in [0.2, 0.25) is 5.02 Å². The van der Waals surface area contributed by atoms with Crippen LogP contribution in [0.5, 0.6) is 0 Å². The minimum Gasteiger partial charge on any atom is -0.458 e. The average molecular weight is 897 g/mol. The number of rotatable bonds is 20. The lowest BCUT2D eigenvalue weighted by Gasteiger charge is -2.41. The number of nitrogens with one attached hydrogen (secondary N) is 2.